The summed E-state index contributed by atoms with van der Waals surface area (Å²) in [7, 11) is 0. The predicted octanol–water partition coefficient (Wildman–Crippen LogP) is 2.97. The molecule has 0 spiro atoms. The monoisotopic (exact) mass is 340 g/mol. The second kappa shape index (κ2) is 7.68. The third-order valence-electron chi connectivity index (χ3n) is 4.28. The number of ether oxygens (including phenoxy) is 1. The van der Waals surface area contributed by atoms with Gasteiger partial charge in [0.15, 0.2) is 6.10 Å². The van der Waals surface area contributed by atoms with Crippen LogP contribution in [0.3, 0.4) is 0 Å². The first kappa shape index (κ1) is 17.5. The summed E-state index contributed by atoms with van der Waals surface area (Å²) in [5.41, 5.74) is 2.34. The minimum atomic E-state index is -1.18. The Kier molecular flexibility index (Phi) is 5.36. The molecule has 1 aliphatic rings. The molecule has 0 aromatic heterocycles. The number of nitrogens with one attached hydrogen (secondary N) is 1. The highest BCUT2D eigenvalue weighted by Crippen LogP contribution is 2.23. The normalized spacial score (nSPS) is 21.6. The van der Waals surface area contributed by atoms with Gasteiger partial charge in [-0.3, -0.25) is 4.79 Å². The van der Waals surface area contributed by atoms with Crippen molar-refractivity contribution in [2.24, 2.45) is 0 Å². The van der Waals surface area contributed by atoms with E-state index in [1.807, 2.05) is 30.3 Å². The summed E-state index contributed by atoms with van der Waals surface area (Å²) in [5, 5.41) is 12.9. The summed E-state index contributed by atoms with van der Waals surface area (Å²) in [6.07, 6.45) is -0.782. The Morgan fingerprint density at radius 1 is 1.08 bits per heavy atom. The lowest BCUT2D eigenvalue weighted by Gasteiger charge is -2.36. The number of carbonyl (C=O) groups is 1. The highest BCUT2D eigenvalue weighted by atomic mass is 16.5. The quantitative estimate of drug-likeness (QED) is 0.898. The number of hydrogen-bond donors (Lipinski definition) is 2. The molecule has 3 atom stereocenters. The van der Waals surface area contributed by atoms with Crippen LogP contribution in [0.2, 0.25) is 0 Å². The van der Waals surface area contributed by atoms with E-state index in [1.54, 1.807) is 24.3 Å². The number of hydrogen-bond acceptors (Lipinski definition) is 4. The largest absolute Gasteiger partial charge is 0.378 e. The molecule has 3 rings (SSSR count). The van der Waals surface area contributed by atoms with Crippen molar-refractivity contribution in [2.75, 3.05) is 23.3 Å². The zero-order valence-corrected chi connectivity index (χ0v) is 14.6. The lowest BCUT2D eigenvalue weighted by molar-refractivity contribution is -0.124. The van der Waals surface area contributed by atoms with Crippen LogP contribution >= 0.6 is 0 Å². The molecular weight excluding hydrogens is 316 g/mol. The van der Waals surface area contributed by atoms with Crippen molar-refractivity contribution in [1.29, 1.82) is 0 Å². The van der Waals surface area contributed by atoms with Gasteiger partial charge in [0.2, 0.25) is 0 Å². The fourth-order valence-electron chi connectivity index (χ4n) is 3.14. The van der Waals surface area contributed by atoms with E-state index >= 15 is 0 Å². The molecule has 1 fully saturated rings. The number of nitrogens with zero attached hydrogens (tertiary/aromatic N) is 1. The fourth-order valence-corrected chi connectivity index (χ4v) is 3.14. The van der Waals surface area contributed by atoms with E-state index in [0.717, 1.165) is 18.8 Å². The van der Waals surface area contributed by atoms with Gasteiger partial charge in [0.05, 0.1) is 12.2 Å². The van der Waals surface area contributed by atoms with Crippen molar-refractivity contribution < 1.29 is 14.6 Å². The van der Waals surface area contributed by atoms with Gasteiger partial charge in [-0.25, -0.2) is 0 Å². The smallest absolute Gasteiger partial charge is 0.257 e. The lowest BCUT2D eigenvalue weighted by Crippen LogP contribution is -2.45. The van der Waals surface area contributed by atoms with Crippen LogP contribution in [0.4, 0.5) is 11.4 Å². The number of morpholine rings is 1. The molecule has 1 amide bonds. The van der Waals surface area contributed by atoms with Gasteiger partial charge in [0, 0.05) is 24.5 Å². The minimum absolute atomic E-state index is 0.198. The molecule has 0 aliphatic carbocycles. The topological polar surface area (TPSA) is 61.8 Å². The van der Waals surface area contributed by atoms with E-state index in [9.17, 15) is 9.90 Å². The molecule has 132 valence electrons. The number of benzene rings is 2. The first-order chi connectivity index (χ1) is 12.0. The zero-order valence-electron chi connectivity index (χ0n) is 14.6. The molecule has 0 bridgehead atoms. The number of aliphatic hydroxyl groups excluding tert-OH is 1. The molecular formula is C20H24N2O3. The highest BCUT2D eigenvalue weighted by molar-refractivity contribution is 5.94. The Balaban J connectivity index is 1.63. The maximum absolute atomic E-state index is 12.2. The van der Waals surface area contributed by atoms with E-state index < -0.39 is 12.0 Å². The van der Waals surface area contributed by atoms with Crippen molar-refractivity contribution in [2.45, 2.75) is 32.2 Å². The molecule has 2 aromatic carbocycles. The van der Waals surface area contributed by atoms with Crippen LogP contribution in [-0.4, -0.2) is 36.3 Å². The van der Waals surface area contributed by atoms with Gasteiger partial charge in [-0.05, 0) is 43.7 Å². The highest BCUT2D eigenvalue weighted by Gasteiger charge is 2.22. The maximum atomic E-state index is 12.2. The first-order valence-corrected chi connectivity index (χ1v) is 8.57. The fraction of sp³-hybridized carbons (Fsp3) is 0.350. The number of amides is 1. The number of anilines is 2. The summed E-state index contributed by atoms with van der Waals surface area (Å²) in [6, 6.07) is 16.6. The molecule has 1 saturated heterocycles. The van der Waals surface area contributed by atoms with Crippen LogP contribution in [0, 0.1) is 0 Å². The van der Waals surface area contributed by atoms with Crippen LogP contribution in [-0.2, 0) is 9.53 Å². The van der Waals surface area contributed by atoms with Crippen molar-refractivity contribution in [3.8, 4) is 0 Å². The Morgan fingerprint density at radius 3 is 2.28 bits per heavy atom. The SMILES string of the molecule is CC1CN(c2ccc(NC(=O)C(O)c3ccccc3)cc2)CC(C)O1. The molecule has 0 radical (unpaired) electrons. The van der Waals surface area contributed by atoms with E-state index in [0.29, 0.717) is 11.3 Å². The molecule has 5 heteroatoms. The summed E-state index contributed by atoms with van der Waals surface area (Å²) >= 11 is 0. The Bertz CT molecular complexity index is 693. The molecule has 3 unspecified atom stereocenters. The number of carbonyl (C=O) groups excluding carboxylic acids is 1. The van der Waals surface area contributed by atoms with Crippen LogP contribution in [0.15, 0.2) is 54.6 Å². The van der Waals surface area contributed by atoms with Gasteiger partial charge in [-0.1, -0.05) is 30.3 Å². The molecule has 0 saturated carbocycles. The molecule has 1 heterocycles. The van der Waals surface area contributed by atoms with E-state index in [4.69, 9.17) is 4.74 Å². The van der Waals surface area contributed by atoms with Crippen LogP contribution in [0.5, 0.6) is 0 Å². The second-order valence-corrected chi connectivity index (χ2v) is 6.51. The molecule has 2 aromatic rings. The van der Waals surface area contributed by atoms with Crippen LogP contribution < -0.4 is 10.2 Å². The van der Waals surface area contributed by atoms with Gasteiger partial charge in [-0.2, -0.15) is 0 Å². The molecule has 25 heavy (non-hydrogen) atoms. The average Bonchev–Trinajstić information content (AvgIpc) is 2.61. The standard InChI is InChI=1S/C20H24N2O3/c1-14-12-22(13-15(2)25-14)18-10-8-17(9-11-18)21-20(24)19(23)16-6-4-3-5-7-16/h3-11,14-15,19,23H,12-13H2,1-2H3,(H,21,24). The van der Waals surface area contributed by atoms with Crippen molar-refractivity contribution in [1.82, 2.24) is 0 Å². The van der Waals surface area contributed by atoms with Crippen molar-refractivity contribution >= 4 is 17.3 Å². The third-order valence-corrected chi connectivity index (χ3v) is 4.28. The van der Waals surface area contributed by atoms with Gasteiger partial charge in [-0.15, -0.1) is 0 Å². The summed E-state index contributed by atoms with van der Waals surface area (Å²) < 4.78 is 5.76. The Hall–Kier alpha value is -2.37. The lowest BCUT2D eigenvalue weighted by atomic mass is 10.1. The van der Waals surface area contributed by atoms with E-state index in [2.05, 4.69) is 24.1 Å². The molecule has 1 aliphatic heterocycles. The van der Waals surface area contributed by atoms with Crippen LogP contribution in [0.25, 0.3) is 0 Å². The van der Waals surface area contributed by atoms with E-state index in [-0.39, 0.29) is 12.2 Å². The van der Waals surface area contributed by atoms with Gasteiger partial charge < -0.3 is 20.1 Å². The van der Waals surface area contributed by atoms with Gasteiger partial charge in [0.1, 0.15) is 0 Å². The zero-order chi connectivity index (χ0) is 17.8. The number of aliphatic hydroxyl groups is 1. The summed E-state index contributed by atoms with van der Waals surface area (Å²) in [6.45, 7) is 5.84. The Morgan fingerprint density at radius 2 is 1.68 bits per heavy atom. The first-order valence-electron chi connectivity index (χ1n) is 8.57. The van der Waals surface area contributed by atoms with Crippen LogP contribution in [0.1, 0.15) is 25.5 Å². The van der Waals surface area contributed by atoms with Crippen molar-refractivity contribution in [3.63, 3.8) is 0 Å². The van der Waals surface area contributed by atoms with Crippen molar-refractivity contribution in [3.05, 3.63) is 60.2 Å². The average molecular weight is 340 g/mol. The predicted molar refractivity (Wildman–Crippen MR) is 98.7 cm³/mol. The molecule has 2 N–H and O–H groups in total. The van der Waals surface area contributed by atoms with Gasteiger partial charge in [0.25, 0.3) is 5.91 Å². The number of rotatable bonds is 4. The van der Waals surface area contributed by atoms with E-state index in [1.165, 1.54) is 0 Å². The summed E-state index contributed by atoms with van der Waals surface area (Å²) in [4.78, 5) is 14.5. The third kappa shape index (κ3) is 4.38. The Labute approximate surface area is 148 Å². The summed E-state index contributed by atoms with van der Waals surface area (Å²) in [5.74, 6) is -0.437. The second-order valence-electron chi connectivity index (χ2n) is 6.51. The van der Waals surface area contributed by atoms with Gasteiger partial charge >= 0.3 is 0 Å². The maximum Gasteiger partial charge on any atom is 0.257 e. The minimum Gasteiger partial charge on any atom is -0.378 e. The molecule has 5 nitrogen and oxygen atoms in total.